The number of halogens is 1. The molecule has 21 heavy (non-hydrogen) atoms. The number of fused-ring (bicyclic) bond motifs is 1. The van der Waals surface area contributed by atoms with E-state index in [9.17, 15) is 14.0 Å². The topological polar surface area (TPSA) is 69.6 Å². The number of likely N-dealkylation sites (tertiary alicyclic amines) is 1. The number of nitrogens with zero attached hydrogens (tertiary/aromatic N) is 1. The van der Waals surface area contributed by atoms with E-state index in [1.165, 1.54) is 18.2 Å². The quantitative estimate of drug-likeness (QED) is 0.879. The molecule has 1 aromatic rings. The number of piperidine rings is 1. The lowest BCUT2D eigenvalue weighted by Crippen LogP contribution is -2.45. The standard InChI is InChI=1S/C15H17FN2O3/c16-12-4-3-9(15(20)21)6-10(12)8-18-5-1-2-11-13(18)7-17-14(11)19/h3-4,6,11,13H,1-2,5,7-8H2,(H,17,19)(H,20,21). The van der Waals surface area contributed by atoms with E-state index >= 15 is 0 Å². The number of carbonyl (C=O) groups is 2. The van der Waals surface area contributed by atoms with Crippen molar-refractivity contribution in [1.82, 2.24) is 10.2 Å². The normalized spacial score (nSPS) is 25.5. The Morgan fingerprint density at radius 1 is 1.48 bits per heavy atom. The summed E-state index contributed by atoms with van der Waals surface area (Å²) in [5, 5.41) is 11.9. The second-order valence-electron chi connectivity index (χ2n) is 5.64. The van der Waals surface area contributed by atoms with Gasteiger partial charge < -0.3 is 10.4 Å². The molecule has 2 aliphatic heterocycles. The van der Waals surface area contributed by atoms with Crippen LogP contribution in [-0.2, 0) is 11.3 Å². The molecule has 2 saturated heterocycles. The van der Waals surface area contributed by atoms with Gasteiger partial charge in [0, 0.05) is 24.7 Å². The van der Waals surface area contributed by atoms with Gasteiger partial charge >= 0.3 is 5.97 Å². The van der Waals surface area contributed by atoms with Crippen molar-refractivity contribution in [3.8, 4) is 0 Å². The third-order valence-corrected chi connectivity index (χ3v) is 4.38. The fraction of sp³-hybridized carbons (Fsp3) is 0.467. The Labute approximate surface area is 121 Å². The molecule has 0 radical (unpaired) electrons. The summed E-state index contributed by atoms with van der Waals surface area (Å²) >= 11 is 0. The first-order valence-corrected chi connectivity index (χ1v) is 7.10. The first kappa shape index (κ1) is 14.0. The van der Waals surface area contributed by atoms with Gasteiger partial charge in [0.05, 0.1) is 11.5 Å². The largest absolute Gasteiger partial charge is 0.478 e. The average Bonchev–Trinajstić information content (AvgIpc) is 2.84. The van der Waals surface area contributed by atoms with E-state index in [1.807, 2.05) is 0 Å². The van der Waals surface area contributed by atoms with Crippen LogP contribution in [0, 0.1) is 11.7 Å². The number of aromatic carboxylic acids is 1. The molecule has 2 aliphatic rings. The third-order valence-electron chi connectivity index (χ3n) is 4.38. The molecule has 2 heterocycles. The number of carboxylic acids is 1. The lowest BCUT2D eigenvalue weighted by molar-refractivity contribution is -0.124. The Morgan fingerprint density at radius 2 is 2.29 bits per heavy atom. The minimum atomic E-state index is -1.06. The number of amides is 1. The Hall–Kier alpha value is -1.95. The van der Waals surface area contributed by atoms with Crippen molar-refractivity contribution in [3.63, 3.8) is 0 Å². The first-order valence-electron chi connectivity index (χ1n) is 7.10. The van der Waals surface area contributed by atoms with E-state index in [4.69, 9.17) is 5.11 Å². The molecule has 2 unspecified atom stereocenters. The summed E-state index contributed by atoms with van der Waals surface area (Å²) in [7, 11) is 0. The number of benzene rings is 1. The molecule has 1 aromatic carbocycles. The minimum Gasteiger partial charge on any atom is -0.478 e. The molecule has 112 valence electrons. The molecular formula is C15H17FN2O3. The molecule has 2 fully saturated rings. The summed E-state index contributed by atoms with van der Waals surface area (Å²) < 4.78 is 13.9. The van der Waals surface area contributed by atoms with Crippen molar-refractivity contribution in [2.75, 3.05) is 13.1 Å². The maximum Gasteiger partial charge on any atom is 0.335 e. The molecule has 0 spiro atoms. The number of carboxylic acid groups (broad SMARTS) is 1. The average molecular weight is 292 g/mol. The number of carbonyl (C=O) groups excluding carboxylic acids is 1. The lowest BCUT2D eigenvalue weighted by atomic mass is 9.91. The molecule has 0 saturated carbocycles. The monoisotopic (exact) mass is 292 g/mol. The highest BCUT2D eigenvalue weighted by Crippen LogP contribution is 2.29. The van der Waals surface area contributed by atoms with Crippen molar-refractivity contribution < 1.29 is 19.1 Å². The third kappa shape index (κ3) is 2.63. The van der Waals surface area contributed by atoms with Crippen LogP contribution in [-0.4, -0.2) is 41.0 Å². The Morgan fingerprint density at radius 3 is 3.05 bits per heavy atom. The van der Waals surface area contributed by atoms with Crippen LogP contribution < -0.4 is 5.32 Å². The Balaban J connectivity index is 1.81. The second kappa shape index (κ2) is 5.44. The SMILES string of the molecule is O=C(O)c1ccc(F)c(CN2CCCC3C(=O)NCC32)c1. The van der Waals surface area contributed by atoms with Crippen molar-refractivity contribution in [2.24, 2.45) is 5.92 Å². The van der Waals surface area contributed by atoms with Crippen LogP contribution in [0.25, 0.3) is 0 Å². The molecule has 6 heteroatoms. The summed E-state index contributed by atoms with van der Waals surface area (Å²) in [6.07, 6.45) is 1.76. The fourth-order valence-electron chi connectivity index (χ4n) is 3.28. The second-order valence-corrected chi connectivity index (χ2v) is 5.64. The Bertz CT molecular complexity index is 590. The van der Waals surface area contributed by atoms with Crippen LogP contribution in [0.15, 0.2) is 18.2 Å². The molecule has 2 N–H and O–H groups in total. The van der Waals surface area contributed by atoms with Crippen LogP contribution in [0.3, 0.4) is 0 Å². The predicted molar refractivity (Wildman–Crippen MR) is 73.3 cm³/mol. The van der Waals surface area contributed by atoms with E-state index < -0.39 is 11.8 Å². The van der Waals surface area contributed by atoms with E-state index in [1.54, 1.807) is 0 Å². The summed E-state index contributed by atoms with van der Waals surface area (Å²) in [5.41, 5.74) is 0.454. The van der Waals surface area contributed by atoms with Gasteiger partial charge in [0.25, 0.3) is 0 Å². The predicted octanol–water partition coefficient (Wildman–Crippen LogP) is 1.23. The molecule has 0 aromatic heterocycles. The number of hydrogen-bond donors (Lipinski definition) is 2. The molecule has 5 nitrogen and oxygen atoms in total. The maximum atomic E-state index is 13.9. The zero-order valence-corrected chi connectivity index (χ0v) is 11.5. The van der Waals surface area contributed by atoms with Crippen LogP contribution in [0.4, 0.5) is 4.39 Å². The highest BCUT2D eigenvalue weighted by atomic mass is 19.1. The van der Waals surface area contributed by atoms with E-state index in [0.29, 0.717) is 18.7 Å². The molecule has 1 amide bonds. The van der Waals surface area contributed by atoms with E-state index in [-0.39, 0.29) is 23.4 Å². The fourth-order valence-corrected chi connectivity index (χ4v) is 3.28. The van der Waals surface area contributed by atoms with E-state index in [2.05, 4.69) is 10.2 Å². The van der Waals surface area contributed by atoms with Gasteiger partial charge in [-0.25, -0.2) is 9.18 Å². The smallest absolute Gasteiger partial charge is 0.335 e. The summed E-state index contributed by atoms with van der Waals surface area (Å²) in [6, 6.07) is 3.92. The zero-order valence-electron chi connectivity index (χ0n) is 11.5. The van der Waals surface area contributed by atoms with Gasteiger partial charge in [-0.05, 0) is 37.6 Å². The van der Waals surface area contributed by atoms with Crippen molar-refractivity contribution in [3.05, 3.63) is 35.1 Å². The van der Waals surface area contributed by atoms with Gasteiger partial charge in [-0.2, -0.15) is 0 Å². The van der Waals surface area contributed by atoms with Gasteiger partial charge in [-0.15, -0.1) is 0 Å². The van der Waals surface area contributed by atoms with Crippen molar-refractivity contribution in [1.29, 1.82) is 0 Å². The molecule has 3 rings (SSSR count). The molecule has 0 bridgehead atoms. The van der Waals surface area contributed by atoms with Gasteiger partial charge in [-0.1, -0.05) is 0 Å². The first-order chi connectivity index (χ1) is 10.1. The highest BCUT2D eigenvalue weighted by molar-refractivity contribution is 5.87. The molecular weight excluding hydrogens is 275 g/mol. The molecule has 2 atom stereocenters. The van der Waals surface area contributed by atoms with Crippen molar-refractivity contribution in [2.45, 2.75) is 25.4 Å². The van der Waals surface area contributed by atoms with Gasteiger partial charge in [0.1, 0.15) is 5.82 Å². The van der Waals surface area contributed by atoms with E-state index in [0.717, 1.165) is 19.4 Å². The Kier molecular flexibility index (Phi) is 3.63. The number of rotatable bonds is 3. The number of nitrogens with one attached hydrogen (secondary N) is 1. The minimum absolute atomic E-state index is 0.0236. The lowest BCUT2D eigenvalue weighted by Gasteiger charge is -2.35. The van der Waals surface area contributed by atoms with Crippen LogP contribution in [0.5, 0.6) is 0 Å². The number of hydrogen-bond acceptors (Lipinski definition) is 3. The summed E-state index contributed by atoms with van der Waals surface area (Å²) in [4.78, 5) is 24.8. The maximum absolute atomic E-state index is 13.9. The molecule has 0 aliphatic carbocycles. The summed E-state index contributed by atoms with van der Waals surface area (Å²) in [6.45, 7) is 1.72. The van der Waals surface area contributed by atoms with Crippen LogP contribution >= 0.6 is 0 Å². The van der Waals surface area contributed by atoms with Gasteiger partial charge in [-0.3, -0.25) is 9.69 Å². The zero-order chi connectivity index (χ0) is 15.0. The van der Waals surface area contributed by atoms with Gasteiger partial charge in [0.15, 0.2) is 0 Å². The van der Waals surface area contributed by atoms with Crippen LogP contribution in [0.2, 0.25) is 0 Å². The van der Waals surface area contributed by atoms with Crippen molar-refractivity contribution >= 4 is 11.9 Å². The highest BCUT2D eigenvalue weighted by Gasteiger charge is 2.40. The van der Waals surface area contributed by atoms with Crippen LogP contribution in [0.1, 0.15) is 28.8 Å². The summed E-state index contributed by atoms with van der Waals surface area (Å²) in [5.74, 6) is -1.42. The van der Waals surface area contributed by atoms with Gasteiger partial charge in [0.2, 0.25) is 5.91 Å².